The van der Waals surface area contributed by atoms with Crippen molar-refractivity contribution in [1.82, 2.24) is 4.98 Å². The van der Waals surface area contributed by atoms with Crippen LogP contribution in [0.25, 0.3) is 0 Å². The fourth-order valence-electron chi connectivity index (χ4n) is 1.97. The summed E-state index contributed by atoms with van der Waals surface area (Å²) in [5.74, 6) is 0.715. The second-order valence-corrected chi connectivity index (χ2v) is 4.88. The molecule has 0 spiro atoms. The lowest BCUT2D eigenvalue weighted by atomic mass is 10.1. The van der Waals surface area contributed by atoms with Gasteiger partial charge in [-0.3, -0.25) is 0 Å². The van der Waals surface area contributed by atoms with E-state index in [9.17, 15) is 0 Å². The van der Waals surface area contributed by atoms with Crippen LogP contribution in [-0.2, 0) is 6.54 Å². The lowest BCUT2D eigenvalue weighted by molar-refractivity contribution is 0.198. The Labute approximate surface area is 111 Å². The topological polar surface area (TPSA) is 48.1 Å². The lowest BCUT2D eigenvalue weighted by Crippen LogP contribution is -2.13. The van der Waals surface area contributed by atoms with Gasteiger partial charge in [0.15, 0.2) is 0 Å². The van der Waals surface area contributed by atoms with Crippen molar-refractivity contribution >= 4 is 0 Å². The van der Waals surface area contributed by atoms with Crippen LogP contribution in [0.1, 0.15) is 57.2 Å². The number of pyridine rings is 1. The monoisotopic (exact) mass is 250 g/mol. The van der Waals surface area contributed by atoms with Gasteiger partial charge in [0, 0.05) is 18.3 Å². The van der Waals surface area contributed by atoms with E-state index in [0.29, 0.717) is 12.4 Å². The maximum absolute atomic E-state index is 5.82. The summed E-state index contributed by atoms with van der Waals surface area (Å²) in [5.41, 5.74) is 7.66. The van der Waals surface area contributed by atoms with Gasteiger partial charge in [-0.25, -0.2) is 4.98 Å². The van der Waals surface area contributed by atoms with Crippen molar-refractivity contribution in [3.05, 3.63) is 23.4 Å². The highest BCUT2D eigenvalue weighted by atomic mass is 16.5. The van der Waals surface area contributed by atoms with Crippen molar-refractivity contribution in [2.24, 2.45) is 5.73 Å². The molecule has 1 unspecified atom stereocenters. The molecule has 0 amide bonds. The highest BCUT2D eigenvalue weighted by Gasteiger charge is 2.06. The van der Waals surface area contributed by atoms with Crippen LogP contribution in [0.2, 0.25) is 0 Å². The fraction of sp³-hybridized carbons (Fsp3) is 0.667. The van der Waals surface area contributed by atoms with E-state index < -0.39 is 0 Å². The molecular formula is C15H26N2O. The van der Waals surface area contributed by atoms with Crippen molar-refractivity contribution in [3.8, 4) is 5.88 Å². The average Bonchev–Trinajstić information content (AvgIpc) is 2.35. The molecule has 0 aliphatic rings. The van der Waals surface area contributed by atoms with E-state index in [1.54, 1.807) is 0 Å². The maximum Gasteiger partial charge on any atom is 0.213 e. The second-order valence-electron chi connectivity index (χ2n) is 4.88. The highest BCUT2D eigenvalue weighted by molar-refractivity contribution is 5.24. The molecule has 102 valence electrons. The molecule has 2 N–H and O–H groups in total. The highest BCUT2D eigenvalue weighted by Crippen LogP contribution is 2.15. The van der Waals surface area contributed by atoms with Crippen LogP contribution in [0.4, 0.5) is 0 Å². The van der Waals surface area contributed by atoms with Crippen LogP contribution in [0.15, 0.2) is 12.1 Å². The van der Waals surface area contributed by atoms with E-state index in [-0.39, 0.29) is 6.10 Å². The minimum absolute atomic E-state index is 0.234. The zero-order chi connectivity index (χ0) is 13.4. The van der Waals surface area contributed by atoms with Crippen LogP contribution in [0, 0.1) is 6.92 Å². The van der Waals surface area contributed by atoms with Crippen molar-refractivity contribution in [2.75, 3.05) is 0 Å². The minimum atomic E-state index is 0.234. The number of hydrogen-bond donors (Lipinski definition) is 1. The third kappa shape index (κ3) is 5.05. The van der Waals surface area contributed by atoms with Crippen LogP contribution >= 0.6 is 0 Å². The molecule has 1 rings (SSSR count). The Morgan fingerprint density at radius 2 is 2.06 bits per heavy atom. The zero-order valence-corrected chi connectivity index (χ0v) is 11.9. The quantitative estimate of drug-likeness (QED) is 0.717. The molecule has 0 fully saturated rings. The van der Waals surface area contributed by atoms with Gasteiger partial charge in [0.25, 0.3) is 0 Å². The van der Waals surface area contributed by atoms with Gasteiger partial charge in [0.1, 0.15) is 0 Å². The predicted octanol–water partition coefficient (Wildman–Crippen LogP) is 3.59. The molecule has 1 aromatic heterocycles. The van der Waals surface area contributed by atoms with E-state index in [0.717, 1.165) is 17.7 Å². The van der Waals surface area contributed by atoms with Crippen LogP contribution in [0.5, 0.6) is 5.88 Å². The number of nitrogens with two attached hydrogens (primary N) is 1. The van der Waals surface area contributed by atoms with Gasteiger partial charge in [-0.05, 0) is 32.3 Å². The van der Waals surface area contributed by atoms with Gasteiger partial charge >= 0.3 is 0 Å². The summed E-state index contributed by atoms with van der Waals surface area (Å²) in [6.45, 7) is 6.85. The van der Waals surface area contributed by atoms with Crippen LogP contribution < -0.4 is 10.5 Å². The predicted molar refractivity (Wildman–Crippen MR) is 75.7 cm³/mol. The van der Waals surface area contributed by atoms with Crippen molar-refractivity contribution in [3.63, 3.8) is 0 Å². The first-order chi connectivity index (χ1) is 8.67. The third-order valence-corrected chi connectivity index (χ3v) is 3.18. The Hall–Kier alpha value is -1.09. The Morgan fingerprint density at radius 3 is 2.67 bits per heavy atom. The first kappa shape index (κ1) is 15.0. The largest absolute Gasteiger partial charge is 0.475 e. The van der Waals surface area contributed by atoms with Crippen molar-refractivity contribution in [2.45, 2.75) is 65.5 Å². The summed E-state index contributed by atoms with van der Waals surface area (Å²) in [7, 11) is 0. The van der Waals surface area contributed by atoms with Gasteiger partial charge in [-0.15, -0.1) is 0 Å². The molecule has 1 heterocycles. The van der Waals surface area contributed by atoms with Gasteiger partial charge < -0.3 is 10.5 Å². The SMILES string of the molecule is CCCCCCC(C)Oc1ccc(CN)c(C)n1. The Balaban J connectivity index is 2.39. The number of nitrogens with zero attached hydrogens (tertiary/aromatic N) is 1. The minimum Gasteiger partial charge on any atom is -0.475 e. The molecule has 0 bridgehead atoms. The van der Waals surface area contributed by atoms with E-state index in [4.69, 9.17) is 10.5 Å². The van der Waals surface area contributed by atoms with E-state index >= 15 is 0 Å². The number of aryl methyl sites for hydroxylation is 1. The first-order valence-corrected chi connectivity index (χ1v) is 7.00. The second kappa shape index (κ2) is 8.09. The molecule has 0 aliphatic carbocycles. The molecule has 18 heavy (non-hydrogen) atoms. The van der Waals surface area contributed by atoms with Gasteiger partial charge in [-0.2, -0.15) is 0 Å². The van der Waals surface area contributed by atoms with E-state index in [1.807, 2.05) is 19.1 Å². The number of ether oxygens (including phenoxy) is 1. The van der Waals surface area contributed by atoms with Crippen LogP contribution in [-0.4, -0.2) is 11.1 Å². The van der Waals surface area contributed by atoms with Gasteiger partial charge in [0.05, 0.1) is 6.10 Å². The summed E-state index contributed by atoms with van der Waals surface area (Å²) >= 11 is 0. The average molecular weight is 250 g/mol. The molecule has 1 aromatic rings. The summed E-state index contributed by atoms with van der Waals surface area (Å²) in [5, 5.41) is 0. The normalized spacial score (nSPS) is 12.4. The van der Waals surface area contributed by atoms with Crippen molar-refractivity contribution in [1.29, 1.82) is 0 Å². The molecule has 0 aromatic carbocycles. The first-order valence-electron chi connectivity index (χ1n) is 7.00. The number of unbranched alkanes of at least 4 members (excludes halogenated alkanes) is 3. The Morgan fingerprint density at radius 1 is 1.28 bits per heavy atom. The summed E-state index contributed by atoms with van der Waals surface area (Å²) in [4.78, 5) is 4.43. The summed E-state index contributed by atoms with van der Waals surface area (Å²) in [6.07, 6.45) is 6.44. The molecule has 1 atom stereocenters. The Bertz CT molecular complexity index is 352. The molecule has 0 saturated carbocycles. The smallest absolute Gasteiger partial charge is 0.213 e. The number of rotatable bonds is 8. The maximum atomic E-state index is 5.82. The van der Waals surface area contributed by atoms with E-state index in [1.165, 1.54) is 25.7 Å². The van der Waals surface area contributed by atoms with Crippen LogP contribution in [0.3, 0.4) is 0 Å². The summed E-state index contributed by atoms with van der Waals surface area (Å²) in [6, 6.07) is 3.92. The van der Waals surface area contributed by atoms with E-state index in [2.05, 4.69) is 18.8 Å². The molecule has 0 saturated heterocycles. The standard InChI is InChI=1S/C15H26N2O/c1-4-5-6-7-8-12(2)18-15-10-9-14(11-16)13(3)17-15/h9-10,12H,4-8,11,16H2,1-3H3. The molecule has 0 radical (unpaired) electrons. The number of aromatic nitrogens is 1. The lowest BCUT2D eigenvalue weighted by Gasteiger charge is -2.14. The molecule has 3 nitrogen and oxygen atoms in total. The third-order valence-electron chi connectivity index (χ3n) is 3.18. The Kier molecular flexibility index (Phi) is 6.73. The molecule has 3 heteroatoms. The molecular weight excluding hydrogens is 224 g/mol. The summed E-state index contributed by atoms with van der Waals surface area (Å²) < 4.78 is 5.82. The van der Waals surface area contributed by atoms with Gasteiger partial charge in [0.2, 0.25) is 5.88 Å². The number of hydrogen-bond acceptors (Lipinski definition) is 3. The molecule has 0 aliphatic heterocycles. The zero-order valence-electron chi connectivity index (χ0n) is 11.9. The van der Waals surface area contributed by atoms with Gasteiger partial charge in [-0.1, -0.05) is 32.3 Å². The van der Waals surface area contributed by atoms with Crippen molar-refractivity contribution < 1.29 is 4.74 Å². The fourth-order valence-corrected chi connectivity index (χ4v) is 1.97.